The molecule has 3 aromatic rings. The van der Waals surface area contributed by atoms with E-state index in [1.165, 1.54) is 23.4 Å². The molecule has 0 fully saturated rings. The number of Topliss-reactive ketones (excluding diaryl/α,β-unsaturated/α-hetero) is 1. The third kappa shape index (κ3) is 3.91. The van der Waals surface area contributed by atoms with Crippen molar-refractivity contribution in [1.29, 1.82) is 0 Å². The van der Waals surface area contributed by atoms with Crippen molar-refractivity contribution in [2.45, 2.75) is 25.0 Å². The Bertz CT molecular complexity index is 1160. The number of rotatable bonds is 7. The molecular formula is C20H23N5O3S. The van der Waals surface area contributed by atoms with Crippen LogP contribution in [0.15, 0.2) is 51.3 Å². The molecule has 152 valence electrons. The first-order chi connectivity index (χ1) is 13.9. The van der Waals surface area contributed by atoms with Crippen LogP contribution in [0.3, 0.4) is 0 Å². The molecule has 2 aromatic heterocycles. The lowest BCUT2D eigenvalue weighted by Gasteiger charge is -2.13. The monoisotopic (exact) mass is 413 g/mol. The molecule has 0 amide bonds. The summed E-state index contributed by atoms with van der Waals surface area (Å²) in [5.74, 6) is -0.513. The third-order valence-corrected chi connectivity index (χ3v) is 5.70. The van der Waals surface area contributed by atoms with Gasteiger partial charge >= 0.3 is 5.69 Å². The van der Waals surface area contributed by atoms with E-state index in [1.807, 2.05) is 48.9 Å². The number of carbonyl (C=O) groups excluding carboxylic acids is 1. The molecule has 0 unspecified atom stereocenters. The molecule has 0 atom stereocenters. The first-order valence-electron chi connectivity index (χ1n) is 9.19. The van der Waals surface area contributed by atoms with E-state index in [9.17, 15) is 14.4 Å². The molecular weight excluding hydrogens is 390 g/mol. The lowest BCUT2D eigenvalue weighted by molar-refractivity contribution is 0.102. The predicted molar refractivity (Wildman–Crippen MR) is 114 cm³/mol. The number of aromatic nitrogens is 4. The Balaban J connectivity index is 1.87. The van der Waals surface area contributed by atoms with Crippen molar-refractivity contribution in [2.24, 2.45) is 14.1 Å². The van der Waals surface area contributed by atoms with Crippen molar-refractivity contribution in [3.8, 4) is 11.3 Å². The van der Waals surface area contributed by atoms with Crippen LogP contribution < -0.4 is 17.0 Å². The molecule has 0 aliphatic carbocycles. The molecule has 1 aromatic carbocycles. The van der Waals surface area contributed by atoms with E-state index >= 15 is 0 Å². The lowest BCUT2D eigenvalue weighted by Crippen LogP contribution is -2.42. The number of nitrogens with zero attached hydrogens (tertiary/aromatic N) is 4. The van der Waals surface area contributed by atoms with E-state index in [-0.39, 0.29) is 17.1 Å². The van der Waals surface area contributed by atoms with Crippen molar-refractivity contribution in [3.63, 3.8) is 0 Å². The summed E-state index contributed by atoms with van der Waals surface area (Å²) in [5.41, 5.74) is 6.62. The average molecular weight is 414 g/mol. The van der Waals surface area contributed by atoms with Crippen molar-refractivity contribution >= 4 is 23.4 Å². The Labute approximate surface area is 172 Å². The van der Waals surface area contributed by atoms with Gasteiger partial charge in [-0.3, -0.25) is 18.7 Å². The van der Waals surface area contributed by atoms with Crippen LogP contribution in [0.4, 0.5) is 5.82 Å². The number of hydrogen-bond donors (Lipinski definition) is 1. The van der Waals surface area contributed by atoms with Gasteiger partial charge in [-0.25, -0.2) is 9.78 Å². The standard InChI is InChI=1S/C20H23N5O3S/c1-4-10-25-17(21)16(18(27)24(3)20(25)28)15(26)12-29-19-22-11-14(23(19)2)13-8-6-5-7-9-13/h5-9,11H,4,10,12,21H2,1-3H3. The highest BCUT2D eigenvalue weighted by molar-refractivity contribution is 7.99. The molecule has 0 radical (unpaired) electrons. The second kappa shape index (κ2) is 8.52. The van der Waals surface area contributed by atoms with Gasteiger partial charge in [0.1, 0.15) is 11.4 Å². The number of imidazole rings is 1. The Morgan fingerprint density at radius 3 is 2.48 bits per heavy atom. The Kier molecular flexibility index (Phi) is 6.07. The van der Waals surface area contributed by atoms with Gasteiger partial charge in [0, 0.05) is 20.6 Å². The van der Waals surface area contributed by atoms with E-state index in [2.05, 4.69) is 4.98 Å². The SMILES string of the molecule is CCCn1c(N)c(C(=O)CSc2ncc(-c3ccccc3)n2C)c(=O)n(C)c1=O. The molecule has 0 aliphatic heterocycles. The molecule has 0 bridgehead atoms. The minimum Gasteiger partial charge on any atom is -0.384 e. The molecule has 0 aliphatic rings. The summed E-state index contributed by atoms with van der Waals surface area (Å²) in [7, 11) is 3.22. The summed E-state index contributed by atoms with van der Waals surface area (Å²) in [6, 6.07) is 9.80. The predicted octanol–water partition coefficient (Wildman–Crippen LogP) is 1.91. The van der Waals surface area contributed by atoms with E-state index in [4.69, 9.17) is 5.73 Å². The van der Waals surface area contributed by atoms with Crippen LogP contribution in [0.2, 0.25) is 0 Å². The summed E-state index contributed by atoms with van der Waals surface area (Å²) in [6.45, 7) is 2.23. The van der Waals surface area contributed by atoms with Gasteiger partial charge in [-0.2, -0.15) is 0 Å². The summed E-state index contributed by atoms with van der Waals surface area (Å²) in [6.07, 6.45) is 2.40. The van der Waals surface area contributed by atoms with Crippen LogP contribution in [0.5, 0.6) is 0 Å². The van der Waals surface area contributed by atoms with Crippen molar-refractivity contribution < 1.29 is 4.79 Å². The van der Waals surface area contributed by atoms with Crippen LogP contribution in [-0.4, -0.2) is 30.2 Å². The number of carbonyl (C=O) groups is 1. The van der Waals surface area contributed by atoms with Gasteiger partial charge in [0.05, 0.1) is 17.6 Å². The summed E-state index contributed by atoms with van der Waals surface area (Å²) in [5, 5.41) is 0.648. The van der Waals surface area contributed by atoms with Gasteiger partial charge in [0.2, 0.25) is 0 Å². The lowest BCUT2D eigenvalue weighted by atomic mass is 10.2. The number of anilines is 1. The summed E-state index contributed by atoms with van der Waals surface area (Å²) in [4.78, 5) is 41.9. The second-order valence-electron chi connectivity index (χ2n) is 6.62. The molecule has 3 rings (SSSR count). The Morgan fingerprint density at radius 2 is 1.83 bits per heavy atom. The smallest absolute Gasteiger partial charge is 0.332 e. The van der Waals surface area contributed by atoms with E-state index < -0.39 is 17.0 Å². The Morgan fingerprint density at radius 1 is 1.14 bits per heavy atom. The van der Waals surface area contributed by atoms with E-state index in [1.54, 1.807) is 6.20 Å². The van der Waals surface area contributed by atoms with Gasteiger partial charge in [0.15, 0.2) is 10.9 Å². The first-order valence-corrected chi connectivity index (χ1v) is 10.2. The van der Waals surface area contributed by atoms with Crippen molar-refractivity contribution in [2.75, 3.05) is 11.5 Å². The highest BCUT2D eigenvalue weighted by Gasteiger charge is 2.22. The number of nitrogen functional groups attached to an aromatic ring is 1. The zero-order valence-corrected chi connectivity index (χ0v) is 17.4. The molecule has 8 nitrogen and oxygen atoms in total. The molecule has 0 saturated heterocycles. The number of ketones is 1. The maximum Gasteiger partial charge on any atom is 0.332 e. The zero-order chi connectivity index (χ0) is 21.1. The maximum absolute atomic E-state index is 12.8. The molecule has 29 heavy (non-hydrogen) atoms. The van der Waals surface area contributed by atoms with Gasteiger partial charge < -0.3 is 10.3 Å². The highest BCUT2D eigenvalue weighted by Crippen LogP contribution is 2.25. The normalized spacial score (nSPS) is 11.0. The van der Waals surface area contributed by atoms with Crippen LogP contribution in [0.1, 0.15) is 23.7 Å². The fourth-order valence-electron chi connectivity index (χ4n) is 3.09. The Hall–Kier alpha value is -3.07. The zero-order valence-electron chi connectivity index (χ0n) is 16.6. The van der Waals surface area contributed by atoms with Gasteiger partial charge in [-0.1, -0.05) is 49.0 Å². The molecule has 0 saturated carbocycles. The van der Waals surface area contributed by atoms with Crippen LogP contribution in [0, 0.1) is 0 Å². The summed E-state index contributed by atoms with van der Waals surface area (Å²) >= 11 is 1.22. The fraction of sp³-hybridized carbons (Fsp3) is 0.300. The topological polar surface area (TPSA) is 105 Å². The van der Waals surface area contributed by atoms with Gasteiger partial charge in [-0.15, -0.1) is 0 Å². The first kappa shape index (κ1) is 20.7. The molecule has 2 heterocycles. The number of benzene rings is 1. The fourth-order valence-corrected chi connectivity index (χ4v) is 3.91. The largest absolute Gasteiger partial charge is 0.384 e. The molecule has 9 heteroatoms. The minimum absolute atomic E-state index is 0.0111. The molecule has 0 spiro atoms. The van der Waals surface area contributed by atoms with Gasteiger partial charge in [0.25, 0.3) is 5.56 Å². The van der Waals surface area contributed by atoms with Crippen molar-refractivity contribution in [1.82, 2.24) is 18.7 Å². The summed E-state index contributed by atoms with van der Waals surface area (Å²) < 4.78 is 4.10. The van der Waals surface area contributed by atoms with Crippen molar-refractivity contribution in [3.05, 3.63) is 62.9 Å². The van der Waals surface area contributed by atoms with Crippen LogP contribution >= 0.6 is 11.8 Å². The third-order valence-electron chi connectivity index (χ3n) is 4.66. The maximum atomic E-state index is 12.8. The van der Waals surface area contributed by atoms with E-state index in [0.717, 1.165) is 15.8 Å². The minimum atomic E-state index is -0.671. The number of thioether (sulfide) groups is 1. The second-order valence-corrected chi connectivity index (χ2v) is 7.56. The molecule has 2 N–H and O–H groups in total. The van der Waals surface area contributed by atoms with Crippen LogP contribution in [0.25, 0.3) is 11.3 Å². The number of nitrogens with two attached hydrogens (primary N) is 1. The van der Waals surface area contributed by atoms with Gasteiger partial charge in [-0.05, 0) is 12.0 Å². The average Bonchev–Trinajstić information content (AvgIpc) is 3.09. The number of hydrogen-bond acceptors (Lipinski definition) is 6. The highest BCUT2D eigenvalue weighted by atomic mass is 32.2. The van der Waals surface area contributed by atoms with Crippen LogP contribution in [-0.2, 0) is 20.6 Å². The quantitative estimate of drug-likeness (QED) is 0.469. The van der Waals surface area contributed by atoms with E-state index in [0.29, 0.717) is 18.1 Å².